The van der Waals surface area contributed by atoms with E-state index in [2.05, 4.69) is 0 Å². The molecule has 0 atom stereocenters. The van der Waals surface area contributed by atoms with Gasteiger partial charge in [-0.05, 0) is 12.1 Å². The third kappa shape index (κ3) is 3.65. The van der Waals surface area contributed by atoms with Crippen molar-refractivity contribution in [2.75, 3.05) is 32.7 Å². The molecular weight excluding hydrogens is 281 g/mol. The van der Waals surface area contributed by atoms with Gasteiger partial charge in [0.15, 0.2) is 0 Å². The number of sulfonamides is 1. The van der Waals surface area contributed by atoms with Crippen LogP contribution in [0.1, 0.15) is 0 Å². The van der Waals surface area contributed by atoms with Crippen LogP contribution >= 0.6 is 11.6 Å². The molecule has 7 heteroatoms. The van der Waals surface area contributed by atoms with Gasteiger partial charge in [-0.25, -0.2) is 12.8 Å². The van der Waals surface area contributed by atoms with Crippen LogP contribution in [-0.2, 0) is 14.8 Å². The minimum Gasteiger partial charge on any atom is -0.383 e. The Morgan fingerprint density at radius 1 is 1.33 bits per heavy atom. The number of hydrogen-bond acceptors (Lipinski definition) is 3. The fraction of sp³-hybridized carbons (Fsp3) is 0.455. The standard InChI is InChI=1S/C11H15ClFNO3S/c1-17-9-8-14(7-6-12)18(15,16)11-5-3-2-4-10(11)13/h2-5H,6-9H2,1H3. The van der Waals surface area contributed by atoms with E-state index in [1.807, 2.05) is 0 Å². The summed E-state index contributed by atoms with van der Waals surface area (Å²) in [6.45, 7) is 0.478. The topological polar surface area (TPSA) is 46.6 Å². The van der Waals surface area contributed by atoms with Crippen LogP contribution in [0.2, 0.25) is 0 Å². The second-order valence-corrected chi connectivity index (χ2v) is 5.80. The molecule has 0 aliphatic carbocycles. The summed E-state index contributed by atoms with van der Waals surface area (Å²) in [5.41, 5.74) is 0. The van der Waals surface area contributed by atoms with Gasteiger partial charge >= 0.3 is 0 Å². The lowest BCUT2D eigenvalue weighted by Gasteiger charge is -2.21. The Labute approximate surface area is 111 Å². The van der Waals surface area contributed by atoms with Crippen molar-refractivity contribution in [2.45, 2.75) is 4.90 Å². The van der Waals surface area contributed by atoms with Crippen LogP contribution in [0.4, 0.5) is 4.39 Å². The molecule has 0 aliphatic rings. The molecule has 1 aromatic carbocycles. The van der Waals surface area contributed by atoms with Crippen molar-refractivity contribution in [3.05, 3.63) is 30.1 Å². The van der Waals surface area contributed by atoms with Crippen LogP contribution in [0.15, 0.2) is 29.2 Å². The van der Waals surface area contributed by atoms with E-state index < -0.39 is 15.8 Å². The van der Waals surface area contributed by atoms with E-state index in [1.165, 1.54) is 25.3 Å². The summed E-state index contributed by atoms with van der Waals surface area (Å²) < 4.78 is 43.9. The molecule has 1 rings (SSSR count). The highest BCUT2D eigenvalue weighted by atomic mass is 35.5. The minimum absolute atomic E-state index is 0.113. The maximum Gasteiger partial charge on any atom is 0.246 e. The molecule has 1 aromatic rings. The van der Waals surface area contributed by atoms with E-state index in [1.54, 1.807) is 0 Å². The first-order valence-electron chi connectivity index (χ1n) is 5.33. The lowest BCUT2D eigenvalue weighted by Crippen LogP contribution is -2.35. The molecule has 102 valence electrons. The van der Waals surface area contributed by atoms with Crippen molar-refractivity contribution >= 4 is 21.6 Å². The Kier molecular flexibility index (Phi) is 6.01. The summed E-state index contributed by atoms with van der Waals surface area (Å²) in [5, 5.41) is 0. The van der Waals surface area contributed by atoms with Crippen molar-refractivity contribution in [1.82, 2.24) is 4.31 Å². The molecule has 18 heavy (non-hydrogen) atoms. The number of hydrogen-bond donors (Lipinski definition) is 0. The first-order chi connectivity index (χ1) is 8.54. The van der Waals surface area contributed by atoms with E-state index in [-0.39, 0.29) is 30.5 Å². The van der Waals surface area contributed by atoms with E-state index >= 15 is 0 Å². The van der Waals surface area contributed by atoms with Crippen molar-refractivity contribution in [3.63, 3.8) is 0 Å². The molecule has 0 fully saturated rings. The van der Waals surface area contributed by atoms with Crippen molar-refractivity contribution < 1.29 is 17.5 Å². The highest BCUT2D eigenvalue weighted by molar-refractivity contribution is 7.89. The van der Waals surface area contributed by atoms with Crippen molar-refractivity contribution in [3.8, 4) is 0 Å². The van der Waals surface area contributed by atoms with Gasteiger partial charge in [-0.15, -0.1) is 11.6 Å². The predicted molar refractivity (Wildman–Crippen MR) is 67.8 cm³/mol. The normalized spacial score (nSPS) is 12.0. The van der Waals surface area contributed by atoms with Gasteiger partial charge in [-0.3, -0.25) is 0 Å². The minimum atomic E-state index is -3.87. The summed E-state index contributed by atoms with van der Waals surface area (Å²) in [4.78, 5) is -0.341. The number of benzene rings is 1. The van der Waals surface area contributed by atoms with Gasteiger partial charge in [0.25, 0.3) is 0 Å². The second-order valence-electron chi connectivity index (χ2n) is 3.52. The number of methoxy groups -OCH3 is 1. The first-order valence-corrected chi connectivity index (χ1v) is 7.31. The monoisotopic (exact) mass is 295 g/mol. The quantitative estimate of drug-likeness (QED) is 0.719. The number of rotatable bonds is 7. The molecule has 0 bridgehead atoms. The predicted octanol–water partition coefficient (Wildman–Crippen LogP) is 1.70. The van der Waals surface area contributed by atoms with E-state index in [0.717, 1.165) is 10.4 Å². The summed E-state index contributed by atoms with van der Waals surface area (Å²) in [5.74, 6) is -0.633. The Hall–Kier alpha value is -0.690. The van der Waals surface area contributed by atoms with Gasteiger partial charge in [0.2, 0.25) is 10.0 Å². The van der Waals surface area contributed by atoms with Gasteiger partial charge in [0.1, 0.15) is 10.7 Å². The molecule has 0 radical (unpaired) electrons. The zero-order valence-corrected chi connectivity index (χ0v) is 11.5. The smallest absolute Gasteiger partial charge is 0.246 e. The Morgan fingerprint density at radius 3 is 2.56 bits per heavy atom. The highest BCUT2D eigenvalue weighted by Crippen LogP contribution is 2.18. The SMILES string of the molecule is COCCN(CCCl)S(=O)(=O)c1ccccc1F. The molecule has 0 heterocycles. The highest BCUT2D eigenvalue weighted by Gasteiger charge is 2.26. The zero-order chi connectivity index (χ0) is 13.6. The maximum atomic E-state index is 13.5. The fourth-order valence-corrected chi connectivity index (χ4v) is 3.23. The summed E-state index contributed by atoms with van der Waals surface area (Å²) in [7, 11) is -2.41. The average molecular weight is 296 g/mol. The zero-order valence-electron chi connectivity index (χ0n) is 9.97. The van der Waals surface area contributed by atoms with Gasteiger partial charge in [-0.2, -0.15) is 4.31 Å². The molecule has 0 aromatic heterocycles. The van der Waals surface area contributed by atoms with E-state index in [9.17, 15) is 12.8 Å². The summed E-state index contributed by atoms with van der Waals surface area (Å²) in [6, 6.07) is 5.27. The third-order valence-corrected chi connectivity index (χ3v) is 4.43. The van der Waals surface area contributed by atoms with Gasteiger partial charge in [0.05, 0.1) is 6.61 Å². The van der Waals surface area contributed by atoms with Crippen molar-refractivity contribution in [2.24, 2.45) is 0 Å². The Bertz CT molecular complexity index is 481. The molecule has 0 saturated heterocycles. The number of ether oxygens (including phenoxy) is 1. The summed E-state index contributed by atoms with van der Waals surface area (Å²) in [6.07, 6.45) is 0. The average Bonchev–Trinajstić information content (AvgIpc) is 2.34. The molecule has 0 N–H and O–H groups in total. The maximum absolute atomic E-state index is 13.5. The number of alkyl halides is 1. The second kappa shape index (κ2) is 7.04. The molecule has 0 spiro atoms. The van der Waals surface area contributed by atoms with Crippen LogP contribution in [-0.4, -0.2) is 45.4 Å². The first kappa shape index (κ1) is 15.4. The molecule has 0 amide bonds. The molecule has 4 nitrogen and oxygen atoms in total. The van der Waals surface area contributed by atoms with E-state index in [0.29, 0.717) is 0 Å². The van der Waals surface area contributed by atoms with Crippen LogP contribution in [0.25, 0.3) is 0 Å². The van der Waals surface area contributed by atoms with Crippen molar-refractivity contribution in [1.29, 1.82) is 0 Å². The van der Waals surface area contributed by atoms with Crippen LogP contribution in [0.3, 0.4) is 0 Å². The lowest BCUT2D eigenvalue weighted by atomic mass is 10.4. The van der Waals surface area contributed by atoms with Crippen LogP contribution in [0, 0.1) is 5.82 Å². The molecule has 0 aliphatic heterocycles. The largest absolute Gasteiger partial charge is 0.383 e. The molecular formula is C11H15ClFNO3S. The Balaban J connectivity index is 3.05. The number of nitrogens with zero attached hydrogens (tertiary/aromatic N) is 1. The Morgan fingerprint density at radius 2 is 2.00 bits per heavy atom. The molecule has 0 unspecified atom stereocenters. The van der Waals surface area contributed by atoms with E-state index in [4.69, 9.17) is 16.3 Å². The van der Waals surface area contributed by atoms with Crippen LogP contribution in [0.5, 0.6) is 0 Å². The van der Waals surface area contributed by atoms with Gasteiger partial charge in [-0.1, -0.05) is 12.1 Å². The summed E-state index contributed by atoms with van der Waals surface area (Å²) >= 11 is 5.57. The molecule has 0 saturated carbocycles. The van der Waals surface area contributed by atoms with Gasteiger partial charge < -0.3 is 4.74 Å². The fourth-order valence-electron chi connectivity index (χ4n) is 1.43. The van der Waals surface area contributed by atoms with Crippen LogP contribution < -0.4 is 0 Å². The lowest BCUT2D eigenvalue weighted by molar-refractivity contribution is 0.180. The van der Waals surface area contributed by atoms with Gasteiger partial charge in [0, 0.05) is 26.1 Å². The third-order valence-electron chi connectivity index (χ3n) is 2.33. The number of halogens is 2.